The molecule has 0 atom stereocenters. The molecule has 0 radical (unpaired) electrons. The maximum Gasteiger partial charge on any atom is 0.339 e. The molecule has 4 heteroatoms. The Morgan fingerprint density at radius 2 is 2.27 bits per heavy atom. The van der Waals surface area contributed by atoms with E-state index in [1.807, 2.05) is 25.1 Å². The number of hydrogen-bond acceptors (Lipinski definition) is 4. The number of pyridine rings is 1. The number of fused-ring (bicyclic) bond motifs is 1. The Kier molecular flexibility index (Phi) is 4.20. The topological polar surface area (TPSA) is 48.4 Å². The van der Waals surface area contributed by atoms with Crippen molar-refractivity contribution >= 4 is 22.9 Å². The fraction of sp³-hybridized carbons (Fsp3) is 0.333. The molecule has 0 N–H and O–H groups in total. The number of hydrogen-bond donors (Lipinski definition) is 0. The molecule has 2 heterocycles. The van der Waals surface area contributed by atoms with Crippen LogP contribution in [-0.2, 0) is 9.47 Å². The Morgan fingerprint density at radius 1 is 1.41 bits per heavy atom. The number of esters is 1. The van der Waals surface area contributed by atoms with Crippen LogP contribution in [0.4, 0.5) is 0 Å². The zero-order valence-corrected chi connectivity index (χ0v) is 12.9. The van der Waals surface area contributed by atoms with Crippen LogP contribution in [0.15, 0.2) is 29.8 Å². The average Bonchev–Trinajstić information content (AvgIpc) is 3.00. The summed E-state index contributed by atoms with van der Waals surface area (Å²) in [5.41, 5.74) is 4.51. The van der Waals surface area contributed by atoms with E-state index < -0.39 is 0 Å². The fourth-order valence-electron chi connectivity index (χ4n) is 2.62. The van der Waals surface area contributed by atoms with Gasteiger partial charge in [-0.1, -0.05) is 12.1 Å². The lowest BCUT2D eigenvalue weighted by Crippen LogP contribution is -2.08. The number of benzene rings is 1. The van der Waals surface area contributed by atoms with E-state index in [2.05, 4.69) is 17.1 Å². The first-order valence-electron chi connectivity index (χ1n) is 7.53. The summed E-state index contributed by atoms with van der Waals surface area (Å²) < 4.78 is 10.5. The second-order valence-electron chi connectivity index (χ2n) is 5.40. The number of aryl methyl sites for hydroxylation is 1. The molecule has 0 amide bonds. The number of ether oxygens (including phenoxy) is 2. The molecule has 1 aliphatic rings. The first kappa shape index (κ1) is 14.7. The Balaban J connectivity index is 2.01. The Hall–Kier alpha value is -2.20. The molecule has 4 nitrogen and oxygen atoms in total. The van der Waals surface area contributed by atoms with Crippen LogP contribution >= 0.6 is 0 Å². The third-order valence-electron chi connectivity index (χ3n) is 3.75. The number of carbonyl (C=O) groups excluding carboxylic acids is 1. The molecule has 2 aromatic rings. The van der Waals surface area contributed by atoms with Crippen LogP contribution in [0.2, 0.25) is 0 Å². The van der Waals surface area contributed by atoms with Gasteiger partial charge >= 0.3 is 5.97 Å². The first-order valence-corrected chi connectivity index (χ1v) is 7.53. The molecule has 1 fully saturated rings. The molecule has 0 aliphatic carbocycles. The number of rotatable bonds is 3. The monoisotopic (exact) mass is 297 g/mol. The van der Waals surface area contributed by atoms with Crippen molar-refractivity contribution in [3.05, 3.63) is 46.7 Å². The van der Waals surface area contributed by atoms with Crippen molar-refractivity contribution in [1.29, 1.82) is 0 Å². The van der Waals surface area contributed by atoms with Gasteiger partial charge in [-0.25, -0.2) is 4.79 Å². The lowest BCUT2D eigenvalue weighted by molar-refractivity contribution is 0.0525. The molecular weight excluding hydrogens is 278 g/mol. The summed E-state index contributed by atoms with van der Waals surface area (Å²) in [5, 5.41) is 0.946. The van der Waals surface area contributed by atoms with Gasteiger partial charge in [-0.3, -0.25) is 4.98 Å². The van der Waals surface area contributed by atoms with Crippen LogP contribution in [-0.4, -0.2) is 30.8 Å². The summed E-state index contributed by atoms with van der Waals surface area (Å²) in [6.45, 7) is 5.50. The van der Waals surface area contributed by atoms with E-state index in [4.69, 9.17) is 9.47 Å². The minimum absolute atomic E-state index is 0.317. The molecule has 1 aliphatic heterocycles. The molecule has 0 spiro atoms. The second kappa shape index (κ2) is 6.28. The molecule has 3 rings (SSSR count). The summed E-state index contributed by atoms with van der Waals surface area (Å²) in [4.78, 5) is 16.5. The number of aromatic nitrogens is 1. The van der Waals surface area contributed by atoms with Crippen molar-refractivity contribution in [2.45, 2.75) is 20.3 Å². The van der Waals surface area contributed by atoms with Gasteiger partial charge in [0.05, 0.1) is 36.6 Å². The molecule has 0 bridgehead atoms. The van der Waals surface area contributed by atoms with Gasteiger partial charge in [-0.2, -0.15) is 0 Å². The van der Waals surface area contributed by atoms with Gasteiger partial charge < -0.3 is 9.47 Å². The maximum absolute atomic E-state index is 12.0. The van der Waals surface area contributed by atoms with Crippen LogP contribution in [0.5, 0.6) is 0 Å². The Labute approximate surface area is 129 Å². The van der Waals surface area contributed by atoms with E-state index in [-0.39, 0.29) is 5.97 Å². The average molecular weight is 297 g/mol. The van der Waals surface area contributed by atoms with E-state index in [9.17, 15) is 4.79 Å². The Bertz CT molecular complexity index is 741. The van der Waals surface area contributed by atoms with Gasteiger partial charge in [0.2, 0.25) is 0 Å². The maximum atomic E-state index is 12.0. The summed E-state index contributed by atoms with van der Waals surface area (Å²) >= 11 is 0. The van der Waals surface area contributed by atoms with Crippen LogP contribution in [0.25, 0.3) is 17.0 Å². The molecule has 1 saturated heterocycles. The minimum Gasteiger partial charge on any atom is -0.462 e. The van der Waals surface area contributed by atoms with Crippen molar-refractivity contribution in [2.75, 3.05) is 19.8 Å². The molecule has 0 saturated carbocycles. The Morgan fingerprint density at radius 3 is 3.00 bits per heavy atom. The predicted octanol–water partition coefficient (Wildman–Crippen LogP) is 3.52. The second-order valence-corrected chi connectivity index (χ2v) is 5.40. The van der Waals surface area contributed by atoms with E-state index in [0.717, 1.165) is 29.5 Å². The van der Waals surface area contributed by atoms with E-state index >= 15 is 0 Å². The quantitative estimate of drug-likeness (QED) is 0.813. The number of nitrogens with zero attached hydrogens (tertiary/aromatic N) is 1. The van der Waals surface area contributed by atoms with E-state index in [0.29, 0.717) is 24.5 Å². The van der Waals surface area contributed by atoms with Crippen LogP contribution in [0.3, 0.4) is 0 Å². The third-order valence-corrected chi connectivity index (χ3v) is 3.75. The highest BCUT2D eigenvalue weighted by Gasteiger charge is 2.13. The summed E-state index contributed by atoms with van der Waals surface area (Å²) in [6.07, 6.45) is 3.13. The van der Waals surface area contributed by atoms with Crippen LogP contribution in [0, 0.1) is 6.92 Å². The smallest absolute Gasteiger partial charge is 0.339 e. The SMILES string of the molecule is CCOC(=O)c1cc2cc(/C=C3/CCOC3)ccc2nc1C. The predicted molar refractivity (Wildman–Crippen MR) is 85.8 cm³/mol. The highest BCUT2D eigenvalue weighted by Crippen LogP contribution is 2.22. The zero-order valence-electron chi connectivity index (χ0n) is 12.9. The van der Waals surface area contributed by atoms with Gasteiger partial charge in [0.15, 0.2) is 0 Å². The highest BCUT2D eigenvalue weighted by atomic mass is 16.5. The molecule has 0 unspecified atom stereocenters. The highest BCUT2D eigenvalue weighted by molar-refractivity contribution is 5.95. The van der Waals surface area contributed by atoms with Crippen molar-refractivity contribution in [3.8, 4) is 0 Å². The number of carbonyl (C=O) groups is 1. The third kappa shape index (κ3) is 3.02. The lowest BCUT2D eigenvalue weighted by atomic mass is 10.0. The molecule has 1 aromatic heterocycles. The standard InChI is InChI=1S/C18H19NO3/c1-3-22-18(20)16-10-15-9-13(8-14-6-7-21-11-14)4-5-17(15)19-12(16)2/h4-5,8-10H,3,6-7,11H2,1-2H3/b14-8-. The van der Waals surface area contributed by atoms with Crippen LogP contribution in [0.1, 0.15) is 35.0 Å². The normalized spacial score (nSPS) is 16.4. The van der Waals surface area contributed by atoms with Crippen LogP contribution < -0.4 is 0 Å². The molecular formula is C18H19NO3. The molecule has 22 heavy (non-hydrogen) atoms. The summed E-state index contributed by atoms with van der Waals surface area (Å²) in [6, 6.07) is 7.95. The van der Waals surface area contributed by atoms with Crippen molar-refractivity contribution < 1.29 is 14.3 Å². The molecule has 1 aromatic carbocycles. The van der Waals surface area contributed by atoms with Crippen molar-refractivity contribution in [3.63, 3.8) is 0 Å². The van der Waals surface area contributed by atoms with Crippen molar-refractivity contribution in [1.82, 2.24) is 4.98 Å². The summed E-state index contributed by atoms with van der Waals surface area (Å²) in [7, 11) is 0. The fourth-order valence-corrected chi connectivity index (χ4v) is 2.62. The lowest BCUT2D eigenvalue weighted by Gasteiger charge is -2.07. The van der Waals surface area contributed by atoms with E-state index in [1.54, 1.807) is 6.92 Å². The van der Waals surface area contributed by atoms with Gasteiger partial charge in [-0.05, 0) is 49.6 Å². The summed E-state index contributed by atoms with van der Waals surface area (Å²) in [5.74, 6) is -0.317. The van der Waals surface area contributed by atoms with Gasteiger partial charge in [-0.15, -0.1) is 0 Å². The van der Waals surface area contributed by atoms with Gasteiger partial charge in [0, 0.05) is 5.39 Å². The van der Waals surface area contributed by atoms with Gasteiger partial charge in [0.25, 0.3) is 0 Å². The van der Waals surface area contributed by atoms with E-state index in [1.165, 1.54) is 5.57 Å². The minimum atomic E-state index is -0.317. The largest absolute Gasteiger partial charge is 0.462 e. The van der Waals surface area contributed by atoms with Crippen molar-refractivity contribution in [2.24, 2.45) is 0 Å². The zero-order chi connectivity index (χ0) is 15.5. The van der Waals surface area contributed by atoms with Gasteiger partial charge in [0.1, 0.15) is 0 Å². The first-order chi connectivity index (χ1) is 10.7. The molecule has 114 valence electrons.